The Balaban J connectivity index is 1.18. The van der Waals surface area contributed by atoms with Gasteiger partial charge in [-0.05, 0) is 119 Å². The van der Waals surface area contributed by atoms with Crippen molar-refractivity contribution in [2.24, 2.45) is 0 Å². The average molecular weight is 772 g/mol. The van der Waals surface area contributed by atoms with Crippen LogP contribution in [0.4, 0.5) is 51.2 Å². The summed E-state index contributed by atoms with van der Waals surface area (Å²) in [7, 11) is -2.75. The van der Waals surface area contributed by atoms with Crippen LogP contribution in [0.15, 0.2) is 158 Å². The van der Waals surface area contributed by atoms with Gasteiger partial charge in [0.2, 0.25) is 0 Å². The normalized spacial score (nSPS) is 17.2. The van der Waals surface area contributed by atoms with E-state index in [1.165, 1.54) is 121 Å². The fraction of sp³-hybridized carbons (Fsp3) is 0.127. The van der Waals surface area contributed by atoms with Crippen molar-refractivity contribution in [2.45, 2.75) is 45.1 Å². The van der Waals surface area contributed by atoms with Crippen LogP contribution in [0.5, 0.6) is 0 Å². The molecule has 0 aliphatic carbocycles. The van der Waals surface area contributed by atoms with E-state index in [2.05, 4.69) is 207 Å². The second-order valence-electron chi connectivity index (χ2n) is 18.7. The summed E-state index contributed by atoms with van der Waals surface area (Å²) in [6.07, 6.45) is 0. The smallest absolute Gasteiger partial charge is 0.161 e. The van der Waals surface area contributed by atoms with Gasteiger partial charge in [-0.25, -0.2) is 0 Å². The first kappa shape index (κ1) is 32.3. The van der Waals surface area contributed by atoms with Gasteiger partial charge < -0.3 is 14.7 Å². The van der Waals surface area contributed by atoms with Crippen molar-refractivity contribution < 1.29 is 0 Å². The molecule has 9 aromatic carbocycles. The Labute approximate surface area is 345 Å². The molecule has 0 bridgehead atoms. The Morgan fingerprint density at radius 1 is 0.373 bits per heavy atom. The topological polar surface area (TPSA) is 9.72 Å². The zero-order chi connectivity index (χ0) is 39.3. The Hall–Kier alpha value is -6.62. The van der Waals surface area contributed by atoms with Crippen LogP contribution in [0.3, 0.4) is 0 Å². The average Bonchev–Trinajstić information content (AvgIpc) is 3.25. The summed E-state index contributed by atoms with van der Waals surface area (Å²) in [5.41, 5.74) is 17.1. The molecular formula is C55H41N3Si. The molecule has 0 radical (unpaired) electrons. The third kappa shape index (κ3) is 3.57. The van der Waals surface area contributed by atoms with Crippen molar-refractivity contribution in [1.29, 1.82) is 0 Å². The van der Waals surface area contributed by atoms with E-state index in [-0.39, 0.29) is 10.8 Å². The van der Waals surface area contributed by atoms with E-state index in [9.17, 15) is 0 Å². The molecule has 0 aromatic heterocycles. The zero-order valence-electron chi connectivity index (χ0n) is 33.9. The third-order valence-electron chi connectivity index (χ3n) is 15.1. The lowest BCUT2D eigenvalue weighted by Gasteiger charge is -2.58. The van der Waals surface area contributed by atoms with E-state index in [1.54, 1.807) is 0 Å². The summed E-state index contributed by atoms with van der Waals surface area (Å²) in [5, 5.41) is 12.4. The summed E-state index contributed by atoms with van der Waals surface area (Å²) >= 11 is 0. The molecule has 0 saturated heterocycles. The predicted octanol–water partition coefficient (Wildman–Crippen LogP) is 12.9. The number of benzene rings is 9. The second-order valence-corrected chi connectivity index (χ2v) is 22.4. The SMILES string of the molecule is CC1(C)c2ccc3c4c2N(c2cccc5c2[Si]4(C)c2c(ccc4c2N5c2ccc5ccccc5c2C4(C)C)N3c2ccc3ccccc3c2)c2ccc3ccccc3c21. The van der Waals surface area contributed by atoms with Gasteiger partial charge in [-0.15, -0.1) is 0 Å². The minimum absolute atomic E-state index is 0.232. The number of fused-ring (bicyclic) bond motifs is 11. The summed E-state index contributed by atoms with van der Waals surface area (Å²) in [6, 6.07) is 60.5. The first-order valence-corrected chi connectivity index (χ1v) is 23.6. The lowest BCUT2D eigenvalue weighted by molar-refractivity contribution is 0.637. The van der Waals surface area contributed by atoms with Gasteiger partial charge in [0.15, 0.2) is 8.07 Å². The minimum atomic E-state index is -2.75. The van der Waals surface area contributed by atoms with Crippen molar-refractivity contribution in [3.8, 4) is 0 Å². The van der Waals surface area contributed by atoms with Gasteiger partial charge in [0, 0.05) is 39.3 Å². The van der Waals surface area contributed by atoms with E-state index >= 15 is 0 Å². The van der Waals surface area contributed by atoms with Gasteiger partial charge >= 0.3 is 0 Å². The summed E-state index contributed by atoms with van der Waals surface area (Å²) < 4.78 is 0. The standard InChI is InChI=1S/C55H41N3Si/c1-54(2)39-25-29-45-52-49(39)57(41-27-22-33-14-8-10-17-37(33)47(41)54)43-19-12-20-44-51(43)59(52,5)53-46(56(45)36-24-21-32-13-6-7-16-35(32)31-36)30-26-40-50(53)58(44)42-28-23-34-15-9-11-18-38(34)48(42)55(40,3)4/h6-31H,1-5H3. The van der Waals surface area contributed by atoms with Crippen molar-refractivity contribution in [2.75, 3.05) is 14.7 Å². The van der Waals surface area contributed by atoms with E-state index in [0.29, 0.717) is 0 Å². The van der Waals surface area contributed by atoms with E-state index in [4.69, 9.17) is 0 Å². The summed E-state index contributed by atoms with van der Waals surface area (Å²) in [6.45, 7) is 12.6. The van der Waals surface area contributed by atoms with Gasteiger partial charge in [-0.3, -0.25) is 0 Å². The van der Waals surface area contributed by atoms with E-state index in [0.717, 1.165) is 0 Å². The fourth-order valence-electron chi connectivity index (χ4n) is 12.7. The predicted molar refractivity (Wildman–Crippen MR) is 251 cm³/mol. The zero-order valence-corrected chi connectivity index (χ0v) is 34.9. The molecule has 0 N–H and O–H groups in total. The Morgan fingerprint density at radius 2 is 0.814 bits per heavy atom. The van der Waals surface area contributed by atoms with Gasteiger partial charge in [0.25, 0.3) is 0 Å². The molecule has 3 nitrogen and oxygen atoms in total. The molecule has 5 aliphatic rings. The van der Waals surface area contributed by atoms with Gasteiger partial charge in [0.1, 0.15) is 0 Å². The van der Waals surface area contributed by atoms with Crippen LogP contribution in [-0.4, -0.2) is 8.07 Å². The lowest BCUT2D eigenvalue weighted by atomic mass is 9.71. The molecule has 280 valence electrons. The van der Waals surface area contributed by atoms with Crippen molar-refractivity contribution in [1.82, 2.24) is 0 Å². The first-order valence-electron chi connectivity index (χ1n) is 21.1. The van der Waals surface area contributed by atoms with Gasteiger partial charge in [-0.1, -0.05) is 143 Å². The number of hydrogen-bond donors (Lipinski definition) is 0. The highest BCUT2D eigenvalue weighted by Crippen LogP contribution is 2.62. The van der Waals surface area contributed by atoms with Gasteiger partial charge in [-0.2, -0.15) is 0 Å². The molecule has 0 amide bonds. The van der Waals surface area contributed by atoms with E-state index in [1.807, 2.05) is 0 Å². The molecular weight excluding hydrogens is 731 g/mol. The van der Waals surface area contributed by atoms with E-state index < -0.39 is 8.07 Å². The number of anilines is 9. The van der Waals surface area contributed by atoms with Crippen LogP contribution in [0.25, 0.3) is 32.3 Å². The highest BCUT2D eigenvalue weighted by molar-refractivity contribution is 7.16. The molecule has 0 atom stereocenters. The maximum Gasteiger partial charge on any atom is 0.161 e. The Bertz CT molecular complexity index is 3270. The monoisotopic (exact) mass is 771 g/mol. The quantitative estimate of drug-likeness (QED) is 0.154. The number of hydrogen-bond acceptors (Lipinski definition) is 3. The summed E-state index contributed by atoms with van der Waals surface area (Å²) in [5.74, 6) is 0. The number of nitrogens with zero attached hydrogens (tertiary/aromatic N) is 3. The number of rotatable bonds is 1. The van der Waals surface area contributed by atoms with Crippen LogP contribution < -0.4 is 30.3 Å². The van der Waals surface area contributed by atoms with Crippen LogP contribution in [-0.2, 0) is 10.8 Å². The van der Waals surface area contributed by atoms with Crippen LogP contribution in [0, 0.1) is 0 Å². The lowest BCUT2D eigenvalue weighted by Crippen LogP contribution is -2.75. The molecule has 4 heteroatoms. The fourth-order valence-corrected chi connectivity index (χ4v) is 17.7. The molecule has 0 unspecified atom stereocenters. The van der Waals surface area contributed by atoms with Crippen molar-refractivity contribution >= 4 is 107 Å². The molecule has 0 spiro atoms. The molecule has 59 heavy (non-hydrogen) atoms. The Kier molecular flexibility index (Phi) is 5.66. The molecule has 9 aromatic rings. The van der Waals surface area contributed by atoms with Gasteiger partial charge in [0.05, 0.1) is 22.7 Å². The minimum Gasteiger partial charge on any atom is -0.311 e. The largest absolute Gasteiger partial charge is 0.311 e. The Morgan fingerprint density at radius 3 is 1.36 bits per heavy atom. The molecule has 5 aliphatic heterocycles. The van der Waals surface area contributed by atoms with Crippen molar-refractivity contribution in [3.63, 3.8) is 0 Å². The second kappa shape index (κ2) is 10.3. The van der Waals surface area contributed by atoms with Crippen LogP contribution in [0.2, 0.25) is 6.55 Å². The highest BCUT2D eigenvalue weighted by atomic mass is 28.3. The molecule has 0 fully saturated rings. The van der Waals surface area contributed by atoms with Crippen LogP contribution >= 0.6 is 0 Å². The molecule has 5 heterocycles. The molecule has 14 rings (SSSR count). The van der Waals surface area contributed by atoms with Crippen molar-refractivity contribution in [3.05, 3.63) is 180 Å². The summed E-state index contributed by atoms with van der Waals surface area (Å²) in [4.78, 5) is 8.03. The third-order valence-corrected chi connectivity index (χ3v) is 19.6. The highest BCUT2D eigenvalue weighted by Gasteiger charge is 2.60. The van der Waals surface area contributed by atoms with Crippen LogP contribution in [0.1, 0.15) is 49.9 Å². The molecule has 0 saturated carbocycles. The maximum atomic E-state index is 2.70. The first-order chi connectivity index (χ1) is 28.7. The maximum absolute atomic E-state index is 2.75.